The highest BCUT2D eigenvalue weighted by atomic mass is 32.1. The number of rotatable bonds is 4. The number of aryl methyl sites for hydroxylation is 3. The molecule has 0 radical (unpaired) electrons. The highest BCUT2D eigenvalue weighted by molar-refractivity contribution is 7.17. The molecular formula is C16H15N3O3S. The topological polar surface area (TPSA) is 78.1 Å². The second-order valence-corrected chi connectivity index (χ2v) is 6.03. The van der Waals surface area contributed by atoms with Crippen LogP contribution in [0.5, 0.6) is 0 Å². The molecule has 0 unspecified atom stereocenters. The van der Waals surface area contributed by atoms with E-state index >= 15 is 0 Å². The molecule has 3 rings (SSSR count). The summed E-state index contributed by atoms with van der Waals surface area (Å²) in [6.45, 7) is 5.53. The van der Waals surface area contributed by atoms with Crippen molar-refractivity contribution >= 4 is 17.3 Å². The maximum absolute atomic E-state index is 12.3. The number of ether oxygens (including phenoxy) is 1. The van der Waals surface area contributed by atoms with Crippen LogP contribution in [0.2, 0.25) is 0 Å². The van der Waals surface area contributed by atoms with Gasteiger partial charge in [-0.1, -0.05) is 11.2 Å². The van der Waals surface area contributed by atoms with E-state index in [1.165, 1.54) is 11.3 Å². The molecule has 0 fully saturated rings. The van der Waals surface area contributed by atoms with Crippen LogP contribution < -0.4 is 0 Å². The smallest absolute Gasteiger partial charge is 0.350 e. The van der Waals surface area contributed by atoms with Crippen LogP contribution in [0.15, 0.2) is 28.9 Å². The number of carbonyl (C=O) groups is 1. The van der Waals surface area contributed by atoms with Gasteiger partial charge in [0.15, 0.2) is 0 Å². The van der Waals surface area contributed by atoms with E-state index in [4.69, 9.17) is 9.26 Å². The van der Waals surface area contributed by atoms with Crippen LogP contribution in [0, 0.1) is 20.8 Å². The van der Waals surface area contributed by atoms with Crippen LogP contribution in [0.1, 0.15) is 32.4 Å². The van der Waals surface area contributed by atoms with Crippen LogP contribution >= 0.6 is 11.3 Å². The third-order valence-corrected chi connectivity index (χ3v) is 4.55. The summed E-state index contributed by atoms with van der Waals surface area (Å²) in [4.78, 5) is 21.4. The Morgan fingerprint density at radius 2 is 2.09 bits per heavy atom. The van der Waals surface area contributed by atoms with Crippen molar-refractivity contribution in [1.82, 2.24) is 15.1 Å². The number of pyridine rings is 1. The number of hydrogen-bond acceptors (Lipinski definition) is 7. The molecule has 0 aliphatic heterocycles. The Bertz CT molecular complexity index is 820. The van der Waals surface area contributed by atoms with Gasteiger partial charge in [0.25, 0.3) is 0 Å². The molecule has 0 saturated carbocycles. The molecule has 0 bridgehead atoms. The molecule has 0 atom stereocenters. The monoisotopic (exact) mass is 329 g/mol. The van der Waals surface area contributed by atoms with Gasteiger partial charge in [0.05, 0.1) is 22.6 Å². The van der Waals surface area contributed by atoms with Crippen LogP contribution in [0.25, 0.3) is 10.7 Å². The Labute approximate surface area is 137 Å². The predicted molar refractivity (Wildman–Crippen MR) is 85.2 cm³/mol. The fourth-order valence-electron chi connectivity index (χ4n) is 2.10. The molecule has 0 aliphatic carbocycles. The zero-order valence-corrected chi connectivity index (χ0v) is 13.8. The third kappa shape index (κ3) is 3.14. The summed E-state index contributed by atoms with van der Waals surface area (Å²) < 4.78 is 10.4. The number of hydrogen-bond donors (Lipinski definition) is 0. The van der Waals surface area contributed by atoms with E-state index < -0.39 is 5.97 Å². The van der Waals surface area contributed by atoms with Gasteiger partial charge in [-0.05, 0) is 32.9 Å². The number of nitrogens with zero attached hydrogens (tertiary/aromatic N) is 3. The zero-order valence-electron chi connectivity index (χ0n) is 13.0. The van der Waals surface area contributed by atoms with Crippen molar-refractivity contribution in [3.63, 3.8) is 0 Å². The first-order valence-electron chi connectivity index (χ1n) is 7.04. The van der Waals surface area contributed by atoms with Crippen LogP contribution in [-0.2, 0) is 11.3 Å². The third-order valence-electron chi connectivity index (χ3n) is 3.39. The first-order chi connectivity index (χ1) is 11.1. The molecule has 0 spiro atoms. The molecule has 23 heavy (non-hydrogen) atoms. The maximum atomic E-state index is 12.3. The number of aromatic nitrogens is 3. The highest BCUT2D eigenvalue weighted by Gasteiger charge is 2.19. The molecule has 0 N–H and O–H groups in total. The van der Waals surface area contributed by atoms with E-state index in [1.807, 2.05) is 25.1 Å². The lowest BCUT2D eigenvalue weighted by Crippen LogP contribution is -2.05. The van der Waals surface area contributed by atoms with Gasteiger partial charge in [-0.25, -0.2) is 9.78 Å². The van der Waals surface area contributed by atoms with Crippen LogP contribution in [-0.4, -0.2) is 21.1 Å². The second kappa shape index (κ2) is 6.29. The maximum Gasteiger partial charge on any atom is 0.350 e. The van der Waals surface area contributed by atoms with Crippen molar-refractivity contribution in [1.29, 1.82) is 0 Å². The quantitative estimate of drug-likeness (QED) is 0.682. The van der Waals surface area contributed by atoms with E-state index in [2.05, 4.69) is 15.1 Å². The summed E-state index contributed by atoms with van der Waals surface area (Å²) in [7, 11) is 0. The minimum atomic E-state index is -0.401. The lowest BCUT2D eigenvalue weighted by molar-refractivity contribution is 0.0475. The van der Waals surface area contributed by atoms with E-state index in [-0.39, 0.29) is 6.61 Å². The van der Waals surface area contributed by atoms with Crippen molar-refractivity contribution in [2.24, 2.45) is 0 Å². The fourth-order valence-corrected chi connectivity index (χ4v) is 3.03. The lowest BCUT2D eigenvalue weighted by Gasteiger charge is -2.02. The van der Waals surface area contributed by atoms with Gasteiger partial charge >= 0.3 is 5.97 Å². The Morgan fingerprint density at radius 3 is 2.74 bits per heavy atom. The number of carbonyl (C=O) groups excluding carboxylic acids is 1. The van der Waals surface area contributed by atoms with Crippen LogP contribution in [0.4, 0.5) is 0 Å². The summed E-state index contributed by atoms with van der Waals surface area (Å²) in [5.41, 5.74) is 2.90. The van der Waals surface area contributed by atoms with E-state index in [0.29, 0.717) is 21.3 Å². The van der Waals surface area contributed by atoms with Gasteiger partial charge < -0.3 is 9.26 Å². The molecular weight excluding hydrogens is 314 g/mol. The summed E-state index contributed by atoms with van der Waals surface area (Å²) in [6.07, 6.45) is 1.70. The molecule has 118 valence electrons. The van der Waals surface area contributed by atoms with Gasteiger partial charge in [0, 0.05) is 6.20 Å². The van der Waals surface area contributed by atoms with Gasteiger partial charge in [0.1, 0.15) is 22.3 Å². The first kappa shape index (κ1) is 15.4. The normalized spacial score (nSPS) is 10.7. The number of esters is 1. The molecule has 7 heteroatoms. The van der Waals surface area contributed by atoms with E-state index in [1.54, 1.807) is 20.0 Å². The van der Waals surface area contributed by atoms with Gasteiger partial charge in [-0.3, -0.25) is 4.98 Å². The standard InChI is InChI=1S/C16H15N3O3S/c1-9-12(11(3)22-19-9)8-21-16(20)14-10(2)18-15(23-14)13-6-4-5-7-17-13/h4-7H,8H2,1-3H3. The molecule has 0 aliphatic rings. The summed E-state index contributed by atoms with van der Waals surface area (Å²) in [5, 5.41) is 4.55. The SMILES string of the molecule is Cc1nc(-c2ccccn2)sc1C(=O)OCc1c(C)noc1C. The summed E-state index contributed by atoms with van der Waals surface area (Å²) >= 11 is 1.28. The van der Waals surface area contributed by atoms with Crippen molar-refractivity contribution in [2.75, 3.05) is 0 Å². The van der Waals surface area contributed by atoms with Gasteiger partial charge in [-0.2, -0.15) is 0 Å². The Hall–Kier alpha value is -2.54. The summed E-state index contributed by atoms with van der Waals surface area (Å²) in [5.74, 6) is 0.257. The molecule has 0 amide bonds. The summed E-state index contributed by atoms with van der Waals surface area (Å²) in [6, 6.07) is 5.58. The lowest BCUT2D eigenvalue weighted by atomic mass is 10.2. The number of thiazole rings is 1. The Kier molecular flexibility index (Phi) is 4.20. The molecule has 0 saturated heterocycles. The van der Waals surface area contributed by atoms with Crippen molar-refractivity contribution < 1.29 is 14.1 Å². The van der Waals surface area contributed by atoms with Crippen LogP contribution in [0.3, 0.4) is 0 Å². The molecule has 3 aromatic rings. The molecule has 6 nitrogen and oxygen atoms in total. The van der Waals surface area contributed by atoms with Gasteiger partial charge in [-0.15, -0.1) is 11.3 Å². The molecule has 3 aromatic heterocycles. The second-order valence-electron chi connectivity index (χ2n) is 5.03. The average Bonchev–Trinajstić information content (AvgIpc) is 3.09. The van der Waals surface area contributed by atoms with E-state index in [0.717, 1.165) is 17.0 Å². The molecule has 0 aromatic carbocycles. The average molecular weight is 329 g/mol. The zero-order chi connectivity index (χ0) is 16.4. The van der Waals surface area contributed by atoms with Crippen molar-refractivity contribution in [3.05, 3.63) is 52.0 Å². The minimum absolute atomic E-state index is 0.135. The first-order valence-corrected chi connectivity index (χ1v) is 7.85. The molecule has 3 heterocycles. The van der Waals surface area contributed by atoms with Crippen molar-refractivity contribution in [3.8, 4) is 10.7 Å². The fraction of sp³-hybridized carbons (Fsp3) is 0.250. The Morgan fingerprint density at radius 1 is 1.26 bits per heavy atom. The van der Waals surface area contributed by atoms with Crippen molar-refractivity contribution in [2.45, 2.75) is 27.4 Å². The van der Waals surface area contributed by atoms with Gasteiger partial charge in [0.2, 0.25) is 0 Å². The largest absolute Gasteiger partial charge is 0.456 e. The van der Waals surface area contributed by atoms with E-state index in [9.17, 15) is 4.79 Å². The Balaban J connectivity index is 1.77. The predicted octanol–water partition coefficient (Wildman–Crippen LogP) is 3.48. The minimum Gasteiger partial charge on any atom is -0.456 e. The highest BCUT2D eigenvalue weighted by Crippen LogP contribution is 2.27.